The third-order valence-corrected chi connectivity index (χ3v) is 8.43. The molecule has 0 bridgehead atoms. The number of hydrogen-bond acceptors (Lipinski definition) is 7. The van der Waals surface area contributed by atoms with Gasteiger partial charge >= 0.3 is 11.7 Å². The fourth-order valence-corrected chi connectivity index (χ4v) is 6.00. The van der Waals surface area contributed by atoms with Crippen LogP contribution in [0, 0.1) is 5.92 Å². The van der Waals surface area contributed by atoms with Gasteiger partial charge in [-0.15, -0.1) is 0 Å². The summed E-state index contributed by atoms with van der Waals surface area (Å²) in [6.07, 6.45) is 8.23. The second-order valence-corrected chi connectivity index (χ2v) is 12.1. The molecule has 2 heterocycles. The highest BCUT2D eigenvalue weighted by molar-refractivity contribution is 5.89. The van der Waals surface area contributed by atoms with Crippen molar-refractivity contribution in [3.8, 4) is 5.69 Å². The van der Waals surface area contributed by atoms with Gasteiger partial charge in [-0.25, -0.2) is 9.59 Å². The molecule has 11 nitrogen and oxygen atoms in total. The van der Waals surface area contributed by atoms with Crippen molar-refractivity contribution in [3.05, 3.63) is 52.1 Å². The minimum absolute atomic E-state index is 0.138. The number of nitrogens with two attached hydrogens (primary N) is 2. The minimum Gasteiger partial charge on any atom is -0.338 e. The van der Waals surface area contributed by atoms with Crippen LogP contribution in [0.2, 0.25) is 0 Å². The monoisotopic (exact) mass is 550 g/mol. The molecule has 0 radical (unpaired) electrons. The topological polar surface area (TPSA) is 152 Å². The van der Waals surface area contributed by atoms with Gasteiger partial charge in [0, 0.05) is 44.5 Å². The molecule has 0 spiro atoms. The van der Waals surface area contributed by atoms with E-state index < -0.39 is 11.2 Å². The van der Waals surface area contributed by atoms with E-state index in [1.807, 2.05) is 6.07 Å². The van der Waals surface area contributed by atoms with Gasteiger partial charge in [0.15, 0.2) is 0 Å². The largest absolute Gasteiger partial charge is 0.354 e. The molecule has 11 heteroatoms. The lowest BCUT2D eigenvalue weighted by Gasteiger charge is -2.37. The number of benzene rings is 1. The summed E-state index contributed by atoms with van der Waals surface area (Å²) < 4.78 is 1.50. The third kappa shape index (κ3) is 6.54. The summed E-state index contributed by atoms with van der Waals surface area (Å²) in [6.45, 7) is 5.96. The number of aromatic nitrogens is 2. The summed E-state index contributed by atoms with van der Waals surface area (Å²) in [7, 11) is 0. The van der Waals surface area contributed by atoms with Crippen molar-refractivity contribution in [2.45, 2.75) is 70.0 Å². The van der Waals surface area contributed by atoms with Crippen LogP contribution in [-0.4, -0.2) is 81.6 Å². The van der Waals surface area contributed by atoms with Crippen LogP contribution in [0.15, 0.2) is 35.3 Å². The van der Waals surface area contributed by atoms with Crippen molar-refractivity contribution in [1.82, 2.24) is 24.7 Å². The Morgan fingerprint density at radius 2 is 1.68 bits per heavy atom. The van der Waals surface area contributed by atoms with E-state index >= 15 is 0 Å². The number of hydrogen-bond donors (Lipinski definition) is 4. The number of carbonyl (C=O) groups excluding carboxylic acids is 2. The molecule has 6 N–H and O–H groups in total. The first-order valence-corrected chi connectivity index (χ1v) is 14.4. The van der Waals surface area contributed by atoms with Gasteiger partial charge in [-0.1, -0.05) is 6.07 Å². The van der Waals surface area contributed by atoms with Gasteiger partial charge in [-0.05, 0) is 94.2 Å². The third-order valence-electron chi connectivity index (χ3n) is 8.43. The van der Waals surface area contributed by atoms with Crippen molar-refractivity contribution in [2.75, 3.05) is 38.0 Å². The van der Waals surface area contributed by atoms with Crippen LogP contribution in [0.3, 0.4) is 0 Å². The number of piperazine rings is 1. The van der Waals surface area contributed by atoms with Crippen molar-refractivity contribution in [3.63, 3.8) is 0 Å². The van der Waals surface area contributed by atoms with E-state index in [1.165, 1.54) is 28.5 Å². The Bertz CT molecular complexity index is 1290. The number of carbonyl (C=O) groups is 2. The first-order chi connectivity index (χ1) is 19.1. The number of nitrogens with zero attached hydrogens (tertiary/aromatic N) is 4. The van der Waals surface area contributed by atoms with E-state index in [0.29, 0.717) is 44.2 Å². The fourth-order valence-electron chi connectivity index (χ4n) is 6.00. The SMILES string of the molecule is CC(C)(N)C(=O)N1CCN(C(=O)Nc2ccn(-c3ccc4c(c3)CC(NCC3CCC(N)CC3)C4)c(=O)n2)CC1. The maximum absolute atomic E-state index is 12.9. The number of rotatable bonds is 6. The van der Waals surface area contributed by atoms with Crippen LogP contribution < -0.4 is 27.8 Å². The van der Waals surface area contributed by atoms with Gasteiger partial charge in [-0.3, -0.25) is 14.7 Å². The first kappa shape index (κ1) is 28.3. The molecule has 2 aromatic rings. The predicted molar refractivity (Wildman–Crippen MR) is 154 cm³/mol. The zero-order chi connectivity index (χ0) is 28.4. The molecule has 1 atom stereocenters. The Kier molecular flexibility index (Phi) is 8.25. The van der Waals surface area contributed by atoms with Crippen molar-refractivity contribution < 1.29 is 9.59 Å². The number of urea groups is 1. The zero-order valence-electron chi connectivity index (χ0n) is 23.6. The zero-order valence-corrected chi connectivity index (χ0v) is 23.6. The molecule has 2 aliphatic carbocycles. The maximum atomic E-state index is 12.9. The molecule has 5 rings (SSSR count). The van der Waals surface area contributed by atoms with Gasteiger partial charge in [0.05, 0.1) is 11.2 Å². The second-order valence-electron chi connectivity index (χ2n) is 12.1. The van der Waals surface area contributed by atoms with E-state index in [9.17, 15) is 14.4 Å². The number of anilines is 1. The molecular formula is C29H42N8O3. The van der Waals surface area contributed by atoms with Crippen LogP contribution in [0.4, 0.5) is 10.6 Å². The number of fused-ring (bicyclic) bond motifs is 1. The summed E-state index contributed by atoms with van der Waals surface area (Å²) in [5, 5.41) is 6.48. The Morgan fingerprint density at radius 1 is 1.00 bits per heavy atom. The lowest BCUT2D eigenvalue weighted by molar-refractivity contribution is -0.137. The van der Waals surface area contributed by atoms with Gasteiger partial charge in [0.2, 0.25) is 5.91 Å². The average molecular weight is 551 g/mol. The highest BCUT2D eigenvalue weighted by atomic mass is 16.2. The van der Waals surface area contributed by atoms with Gasteiger partial charge in [-0.2, -0.15) is 4.98 Å². The van der Waals surface area contributed by atoms with Gasteiger partial charge < -0.3 is 26.6 Å². The normalized spacial score (nSPS) is 23.1. The molecule has 1 saturated carbocycles. The van der Waals surface area contributed by atoms with E-state index in [4.69, 9.17) is 11.5 Å². The average Bonchev–Trinajstić information content (AvgIpc) is 3.34. The summed E-state index contributed by atoms with van der Waals surface area (Å²) >= 11 is 0. The lowest BCUT2D eigenvalue weighted by atomic mass is 9.86. The smallest absolute Gasteiger partial charge is 0.338 e. The summed E-state index contributed by atoms with van der Waals surface area (Å²) in [6, 6.07) is 8.19. The highest BCUT2D eigenvalue weighted by Gasteiger charge is 2.31. The molecule has 1 saturated heterocycles. The van der Waals surface area contributed by atoms with Crippen LogP contribution >= 0.6 is 0 Å². The second kappa shape index (κ2) is 11.7. The molecule has 3 amide bonds. The van der Waals surface area contributed by atoms with E-state index in [0.717, 1.165) is 37.9 Å². The molecule has 1 aliphatic heterocycles. The maximum Gasteiger partial charge on any atom is 0.354 e. The lowest BCUT2D eigenvalue weighted by Crippen LogP contribution is -2.58. The Morgan fingerprint density at radius 3 is 2.35 bits per heavy atom. The van der Waals surface area contributed by atoms with Gasteiger partial charge in [0.25, 0.3) is 0 Å². The Balaban J connectivity index is 1.15. The van der Waals surface area contributed by atoms with Crippen molar-refractivity contribution in [2.24, 2.45) is 17.4 Å². The van der Waals surface area contributed by atoms with Crippen molar-refractivity contribution >= 4 is 17.8 Å². The van der Waals surface area contributed by atoms with Crippen LogP contribution in [0.1, 0.15) is 50.7 Å². The summed E-state index contributed by atoms with van der Waals surface area (Å²) in [5.41, 5.74) is 13.9. The Hall–Kier alpha value is -3.28. The Labute approximate surface area is 235 Å². The van der Waals surface area contributed by atoms with Crippen LogP contribution in [-0.2, 0) is 17.6 Å². The standard InChI is InChI=1S/C29H42N8O3/c1-29(2,31)26(38)35-11-13-36(14-12-35)27(39)33-25-9-10-37(28(40)34-25)24-8-5-20-15-23(16-21(20)17-24)32-18-19-3-6-22(30)7-4-19/h5,8-10,17,19,22-23,32H,3-4,6-7,11-16,18,30-31H2,1-2H3,(H,33,34,39,40). The molecule has 216 valence electrons. The molecule has 1 aromatic carbocycles. The fraction of sp³-hybridized carbons (Fsp3) is 0.586. The van der Waals surface area contributed by atoms with E-state index in [-0.39, 0.29) is 17.8 Å². The molecule has 40 heavy (non-hydrogen) atoms. The minimum atomic E-state index is -0.945. The van der Waals surface area contributed by atoms with E-state index in [2.05, 4.69) is 27.8 Å². The predicted octanol–water partition coefficient (Wildman–Crippen LogP) is 1.22. The number of amides is 3. The molecule has 2 fully saturated rings. The van der Waals surface area contributed by atoms with E-state index in [1.54, 1.807) is 35.9 Å². The molecule has 3 aliphatic rings. The number of nitrogens with one attached hydrogen (secondary N) is 2. The van der Waals surface area contributed by atoms with Crippen LogP contribution in [0.5, 0.6) is 0 Å². The quantitative estimate of drug-likeness (QED) is 0.422. The molecule has 1 unspecified atom stereocenters. The van der Waals surface area contributed by atoms with Crippen molar-refractivity contribution in [1.29, 1.82) is 0 Å². The highest BCUT2D eigenvalue weighted by Crippen LogP contribution is 2.26. The molecular weight excluding hydrogens is 508 g/mol. The first-order valence-electron chi connectivity index (χ1n) is 14.4. The van der Waals surface area contributed by atoms with Gasteiger partial charge in [0.1, 0.15) is 5.82 Å². The summed E-state index contributed by atoms with van der Waals surface area (Å²) in [5.74, 6) is 0.767. The van der Waals surface area contributed by atoms with Crippen LogP contribution in [0.25, 0.3) is 5.69 Å². The molecule has 1 aromatic heterocycles. The summed E-state index contributed by atoms with van der Waals surface area (Å²) in [4.78, 5) is 45.4.